The topological polar surface area (TPSA) is 88.8 Å². The molecule has 4 N–H and O–H groups in total. The van der Waals surface area contributed by atoms with E-state index in [-0.39, 0.29) is 11.2 Å². The number of aromatic nitrogens is 3. The van der Waals surface area contributed by atoms with E-state index in [4.69, 9.17) is 5.84 Å². The van der Waals surface area contributed by atoms with E-state index >= 15 is 0 Å². The highest BCUT2D eigenvalue weighted by Crippen LogP contribution is 2.43. The molecule has 0 atom stereocenters. The van der Waals surface area contributed by atoms with E-state index in [1.807, 2.05) is 6.07 Å². The summed E-state index contributed by atoms with van der Waals surface area (Å²) in [5, 5.41) is 12.1. The lowest BCUT2D eigenvalue weighted by atomic mass is 9.66. The van der Waals surface area contributed by atoms with Crippen LogP contribution in [0.2, 0.25) is 0 Å². The second kappa shape index (κ2) is 7.86. The summed E-state index contributed by atoms with van der Waals surface area (Å²) >= 11 is 0. The van der Waals surface area contributed by atoms with Crippen LogP contribution >= 0.6 is 0 Å². The summed E-state index contributed by atoms with van der Waals surface area (Å²) in [4.78, 5) is 4.31. The number of pyridine rings is 1. The van der Waals surface area contributed by atoms with Crippen LogP contribution in [0.25, 0.3) is 0 Å². The van der Waals surface area contributed by atoms with Crippen LogP contribution in [0.4, 0.5) is 10.2 Å². The van der Waals surface area contributed by atoms with Gasteiger partial charge in [0, 0.05) is 30.1 Å². The van der Waals surface area contributed by atoms with Crippen molar-refractivity contribution in [2.24, 2.45) is 5.84 Å². The molecule has 2 aliphatic carbocycles. The Morgan fingerprint density at radius 1 is 1.11 bits per heavy atom. The molecule has 0 spiro atoms. The monoisotopic (exact) mass is 370 g/mol. The molecule has 2 aliphatic rings. The lowest BCUT2D eigenvalue weighted by Gasteiger charge is -2.41. The zero-order valence-electron chi connectivity index (χ0n) is 15.5. The molecule has 0 aliphatic heterocycles. The minimum atomic E-state index is -0.237. The van der Waals surface area contributed by atoms with E-state index < -0.39 is 0 Å². The molecule has 0 aromatic carbocycles. The van der Waals surface area contributed by atoms with Gasteiger partial charge in [-0.1, -0.05) is 6.42 Å². The Morgan fingerprint density at radius 3 is 2.52 bits per heavy atom. The van der Waals surface area contributed by atoms with E-state index in [0.717, 1.165) is 56.5 Å². The molecule has 2 fully saturated rings. The van der Waals surface area contributed by atoms with Crippen LogP contribution in [-0.4, -0.2) is 27.8 Å². The van der Waals surface area contributed by atoms with Crippen LogP contribution in [0, 0.1) is 5.82 Å². The molecule has 2 aromatic heterocycles. The predicted octanol–water partition coefficient (Wildman–Crippen LogP) is 3.03. The number of nitrogens with one attached hydrogen (secondary N) is 2. The van der Waals surface area contributed by atoms with Gasteiger partial charge in [-0.2, -0.15) is 5.10 Å². The highest BCUT2D eigenvalue weighted by molar-refractivity contribution is 5.36. The number of hydrogen-bond acceptors (Lipinski definition) is 6. The maximum absolute atomic E-state index is 14.2. The quantitative estimate of drug-likeness (QED) is 0.535. The van der Waals surface area contributed by atoms with Gasteiger partial charge >= 0.3 is 0 Å². The molecule has 0 amide bonds. The normalized spacial score (nSPS) is 24.2. The van der Waals surface area contributed by atoms with Crippen LogP contribution in [0.15, 0.2) is 30.5 Å². The first-order chi connectivity index (χ1) is 13.2. The number of nitrogens with two attached hydrogens (primary N) is 1. The average molecular weight is 370 g/mol. The third-order valence-corrected chi connectivity index (χ3v) is 6.25. The molecule has 27 heavy (non-hydrogen) atoms. The average Bonchev–Trinajstić information content (AvgIpc) is 2.69. The molecule has 4 rings (SSSR count). The molecule has 144 valence electrons. The first-order valence-electron chi connectivity index (χ1n) is 9.85. The number of anilines is 1. The first kappa shape index (κ1) is 18.3. The van der Waals surface area contributed by atoms with E-state index in [0.29, 0.717) is 24.2 Å². The molecule has 2 aromatic rings. The van der Waals surface area contributed by atoms with Gasteiger partial charge in [-0.25, -0.2) is 4.39 Å². The van der Waals surface area contributed by atoms with E-state index in [2.05, 4.69) is 32.0 Å². The molecular weight excluding hydrogens is 343 g/mol. The van der Waals surface area contributed by atoms with E-state index in [1.165, 1.54) is 6.07 Å². The number of rotatable bonds is 6. The molecule has 0 bridgehead atoms. The Morgan fingerprint density at radius 2 is 1.93 bits per heavy atom. The van der Waals surface area contributed by atoms with Crippen molar-refractivity contribution >= 4 is 5.82 Å². The van der Waals surface area contributed by atoms with Gasteiger partial charge in [-0.3, -0.25) is 16.3 Å². The van der Waals surface area contributed by atoms with Crippen molar-refractivity contribution in [3.63, 3.8) is 0 Å². The van der Waals surface area contributed by atoms with Gasteiger partial charge in [0.25, 0.3) is 0 Å². The first-order valence-corrected chi connectivity index (χ1v) is 9.85. The fourth-order valence-corrected chi connectivity index (χ4v) is 4.35. The van der Waals surface area contributed by atoms with Gasteiger partial charge in [0.15, 0.2) is 0 Å². The molecule has 6 nitrogen and oxygen atoms in total. The van der Waals surface area contributed by atoms with Crippen molar-refractivity contribution in [3.8, 4) is 0 Å². The summed E-state index contributed by atoms with van der Waals surface area (Å²) < 4.78 is 14.2. The molecular formula is C20H27FN6. The predicted molar refractivity (Wildman–Crippen MR) is 103 cm³/mol. The minimum Gasteiger partial charge on any atom is -0.368 e. The lowest BCUT2D eigenvalue weighted by molar-refractivity contribution is 0.243. The lowest BCUT2D eigenvalue weighted by Crippen LogP contribution is -2.42. The summed E-state index contributed by atoms with van der Waals surface area (Å²) in [6.07, 6.45) is 8.96. The molecule has 0 unspecified atom stereocenters. The third-order valence-electron chi connectivity index (χ3n) is 6.25. The van der Waals surface area contributed by atoms with E-state index in [9.17, 15) is 4.39 Å². The van der Waals surface area contributed by atoms with Crippen LogP contribution in [0.3, 0.4) is 0 Å². The largest absolute Gasteiger partial charge is 0.368 e. The van der Waals surface area contributed by atoms with Crippen molar-refractivity contribution in [3.05, 3.63) is 47.7 Å². The number of hydrazine groups is 1. The highest BCUT2D eigenvalue weighted by atomic mass is 19.1. The third kappa shape index (κ3) is 3.80. The Labute approximate surface area is 159 Å². The van der Waals surface area contributed by atoms with Crippen molar-refractivity contribution in [1.29, 1.82) is 0 Å². The summed E-state index contributed by atoms with van der Waals surface area (Å²) in [7, 11) is 0. The molecule has 2 saturated carbocycles. The Balaban J connectivity index is 1.38. The summed E-state index contributed by atoms with van der Waals surface area (Å²) in [6.45, 7) is 0.627. The summed E-state index contributed by atoms with van der Waals surface area (Å²) in [6, 6.07) is 7.59. The van der Waals surface area contributed by atoms with Crippen molar-refractivity contribution in [2.75, 3.05) is 11.9 Å². The maximum Gasteiger partial charge on any atom is 0.148 e. The fourth-order valence-electron chi connectivity index (χ4n) is 4.35. The molecule has 0 radical (unpaired) electrons. The smallest absolute Gasteiger partial charge is 0.148 e. The van der Waals surface area contributed by atoms with Crippen LogP contribution < -0.4 is 16.6 Å². The van der Waals surface area contributed by atoms with Crippen LogP contribution in [0.5, 0.6) is 0 Å². The van der Waals surface area contributed by atoms with Gasteiger partial charge in [-0.15, -0.1) is 5.10 Å². The Hall–Kier alpha value is -2.12. The molecule has 2 heterocycles. The van der Waals surface area contributed by atoms with Gasteiger partial charge in [-0.05, 0) is 62.8 Å². The minimum absolute atomic E-state index is 0.219. The van der Waals surface area contributed by atoms with Gasteiger partial charge in [0.1, 0.15) is 11.6 Å². The van der Waals surface area contributed by atoms with Crippen LogP contribution in [-0.2, 0) is 5.41 Å². The summed E-state index contributed by atoms with van der Waals surface area (Å²) in [5.41, 5.74) is 4.24. The van der Waals surface area contributed by atoms with Crippen LogP contribution in [0.1, 0.15) is 62.3 Å². The van der Waals surface area contributed by atoms with Gasteiger partial charge in [0.2, 0.25) is 0 Å². The molecule has 7 heteroatoms. The zero-order chi connectivity index (χ0) is 18.7. The second-order valence-electron chi connectivity index (χ2n) is 7.88. The second-order valence-corrected chi connectivity index (χ2v) is 7.88. The van der Waals surface area contributed by atoms with E-state index in [1.54, 1.807) is 12.3 Å². The SMILES string of the molecule is NNC1CCC(c2ccc(NCC3(c4ncccc4F)CCC3)nn2)CC1. The van der Waals surface area contributed by atoms with Crippen molar-refractivity contribution in [1.82, 2.24) is 20.6 Å². The highest BCUT2D eigenvalue weighted by Gasteiger charge is 2.41. The standard InChI is InChI=1S/C20H27FN6/c21-16-3-1-12-23-19(16)20(10-2-11-20)13-24-18-9-8-17(26-27-18)14-4-6-15(25-22)7-5-14/h1,3,8-9,12,14-15,25H,2,4-7,10-11,13,22H2,(H,24,27). The Bertz CT molecular complexity index is 753. The maximum atomic E-state index is 14.2. The van der Waals surface area contributed by atoms with Gasteiger partial charge in [0.05, 0.1) is 11.4 Å². The van der Waals surface area contributed by atoms with Crippen molar-refractivity contribution < 1.29 is 4.39 Å². The zero-order valence-corrected chi connectivity index (χ0v) is 15.5. The fraction of sp³-hybridized carbons (Fsp3) is 0.550. The number of halogens is 1. The summed E-state index contributed by atoms with van der Waals surface area (Å²) in [5.74, 6) is 6.50. The number of nitrogens with zero attached hydrogens (tertiary/aromatic N) is 3. The molecule has 0 saturated heterocycles. The Kier molecular flexibility index (Phi) is 5.31. The van der Waals surface area contributed by atoms with Crippen molar-refractivity contribution in [2.45, 2.75) is 62.3 Å². The van der Waals surface area contributed by atoms with Gasteiger partial charge < -0.3 is 5.32 Å². The number of hydrogen-bond donors (Lipinski definition) is 3.